The number of benzene rings is 1. The Morgan fingerprint density at radius 1 is 1.43 bits per heavy atom. The molecule has 0 heterocycles. The van der Waals surface area contributed by atoms with Gasteiger partial charge in [-0.15, -0.1) is 6.58 Å². The summed E-state index contributed by atoms with van der Waals surface area (Å²) in [5.74, 6) is -0.0639. The van der Waals surface area contributed by atoms with Crippen LogP contribution in [0, 0.1) is 0 Å². The minimum Gasteiger partial charge on any atom is -0.349 e. The van der Waals surface area contributed by atoms with E-state index in [0.29, 0.717) is 12.1 Å². The summed E-state index contributed by atoms with van der Waals surface area (Å²) in [6.45, 7) is 4.03. The van der Waals surface area contributed by atoms with Crippen molar-refractivity contribution in [3.05, 3.63) is 48.0 Å². The van der Waals surface area contributed by atoms with Crippen LogP contribution in [0.1, 0.15) is 15.9 Å². The molecule has 1 aromatic rings. The molecule has 0 aliphatic carbocycles. The Kier molecular flexibility index (Phi) is 4.40. The summed E-state index contributed by atoms with van der Waals surface area (Å²) in [5, 5.41) is 3.52. The molecule has 0 spiro atoms. The molecule has 0 unspecified atom stereocenters. The van der Waals surface area contributed by atoms with Crippen LogP contribution in [0.4, 0.5) is 0 Å². The lowest BCUT2D eigenvalue weighted by atomic mass is 10.1. The van der Waals surface area contributed by atoms with Crippen molar-refractivity contribution >= 4 is 21.8 Å². The first kappa shape index (κ1) is 11.0. The lowest BCUT2D eigenvalue weighted by Crippen LogP contribution is -2.22. The van der Waals surface area contributed by atoms with Crippen LogP contribution in [0.5, 0.6) is 0 Å². The van der Waals surface area contributed by atoms with Gasteiger partial charge in [-0.3, -0.25) is 4.79 Å². The molecule has 1 N–H and O–H groups in total. The summed E-state index contributed by atoms with van der Waals surface area (Å²) in [7, 11) is 0. The van der Waals surface area contributed by atoms with Gasteiger partial charge in [0.25, 0.3) is 5.91 Å². The Balaban J connectivity index is 2.66. The third-order valence-electron chi connectivity index (χ3n) is 1.78. The van der Waals surface area contributed by atoms with Crippen molar-refractivity contribution in [3.8, 4) is 0 Å². The van der Waals surface area contributed by atoms with Crippen LogP contribution in [0.25, 0.3) is 0 Å². The molecule has 0 fully saturated rings. The number of nitrogens with one attached hydrogen (secondary N) is 1. The highest BCUT2D eigenvalue weighted by molar-refractivity contribution is 9.08. The van der Waals surface area contributed by atoms with Gasteiger partial charge in [-0.25, -0.2) is 0 Å². The number of halogens is 1. The number of rotatable bonds is 4. The molecule has 0 aromatic heterocycles. The zero-order chi connectivity index (χ0) is 10.4. The summed E-state index contributed by atoms with van der Waals surface area (Å²) in [4.78, 5) is 11.4. The van der Waals surface area contributed by atoms with Crippen LogP contribution in [0.2, 0.25) is 0 Å². The Morgan fingerprint density at radius 2 is 2.07 bits per heavy atom. The summed E-state index contributed by atoms with van der Waals surface area (Å²) in [6, 6.07) is 7.49. The first-order chi connectivity index (χ1) is 6.77. The lowest BCUT2D eigenvalue weighted by Gasteiger charge is -2.02. The molecule has 14 heavy (non-hydrogen) atoms. The van der Waals surface area contributed by atoms with E-state index in [4.69, 9.17) is 0 Å². The summed E-state index contributed by atoms with van der Waals surface area (Å²) in [6.07, 6.45) is 1.66. The Labute approximate surface area is 92.1 Å². The number of carbonyl (C=O) groups is 1. The first-order valence-corrected chi connectivity index (χ1v) is 5.44. The van der Waals surface area contributed by atoms with Crippen LogP contribution >= 0.6 is 15.9 Å². The SMILES string of the molecule is C=CCNC(=O)c1ccc(CBr)cc1. The molecule has 0 aliphatic rings. The van der Waals surface area contributed by atoms with E-state index < -0.39 is 0 Å². The number of hydrogen-bond donors (Lipinski definition) is 1. The monoisotopic (exact) mass is 253 g/mol. The number of amides is 1. The van der Waals surface area contributed by atoms with Crippen molar-refractivity contribution in [2.45, 2.75) is 5.33 Å². The van der Waals surface area contributed by atoms with Crippen LogP contribution in [-0.2, 0) is 5.33 Å². The average Bonchev–Trinajstić information content (AvgIpc) is 2.26. The molecule has 1 rings (SSSR count). The largest absolute Gasteiger partial charge is 0.349 e. The maximum atomic E-state index is 11.4. The Bertz CT molecular complexity index is 319. The first-order valence-electron chi connectivity index (χ1n) is 4.32. The van der Waals surface area contributed by atoms with Gasteiger partial charge < -0.3 is 5.32 Å². The third-order valence-corrected chi connectivity index (χ3v) is 2.42. The number of alkyl halides is 1. The maximum Gasteiger partial charge on any atom is 0.251 e. The van der Waals surface area contributed by atoms with Gasteiger partial charge in [0.15, 0.2) is 0 Å². The van der Waals surface area contributed by atoms with Crippen molar-refractivity contribution in [1.29, 1.82) is 0 Å². The second-order valence-corrected chi connectivity index (χ2v) is 3.39. The van der Waals surface area contributed by atoms with E-state index in [2.05, 4.69) is 27.8 Å². The van der Waals surface area contributed by atoms with Gasteiger partial charge in [-0.2, -0.15) is 0 Å². The quantitative estimate of drug-likeness (QED) is 0.649. The minimum atomic E-state index is -0.0639. The Hall–Kier alpha value is -1.09. The maximum absolute atomic E-state index is 11.4. The molecule has 74 valence electrons. The molecule has 0 aliphatic heterocycles. The fourth-order valence-corrected chi connectivity index (χ4v) is 1.39. The van der Waals surface area contributed by atoms with Crippen LogP contribution < -0.4 is 5.32 Å². The highest BCUT2D eigenvalue weighted by atomic mass is 79.9. The summed E-state index contributed by atoms with van der Waals surface area (Å²) in [5.41, 5.74) is 1.84. The molecule has 2 nitrogen and oxygen atoms in total. The zero-order valence-corrected chi connectivity index (χ0v) is 9.38. The van der Waals surface area contributed by atoms with Gasteiger partial charge in [0.2, 0.25) is 0 Å². The smallest absolute Gasteiger partial charge is 0.251 e. The van der Waals surface area contributed by atoms with Gasteiger partial charge >= 0.3 is 0 Å². The average molecular weight is 254 g/mol. The zero-order valence-electron chi connectivity index (χ0n) is 7.79. The number of hydrogen-bond acceptors (Lipinski definition) is 1. The highest BCUT2D eigenvalue weighted by Gasteiger charge is 2.02. The fraction of sp³-hybridized carbons (Fsp3) is 0.182. The van der Waals surface area contributed by atoms with Gasteiger partial charge in [0.1, 0.15) is 0 Å². The predicted molar refractivity (Wildman–Crippen MR) is 61.6 cm³/mol. The second-order valence-electron chi connectivity index (χ2n) is 2.83. The van der Waals surface area contributed by atoms with Crippen LogP contribution in [-0.4, -0.2) is 12.5 Å². The van der Waals surface area contributed by atoms with Crippen molar-refractivity contribution < 1.29 is 4.79 Å². The van der Waals surface area contributed by atoms with E-state index in [-0.39, 0.29) is 5.91 Å². The van der Waals surface area contributed by atoms with Crippen molar-refractivity contribution in [1.82, 2.24) is 5.32 Å². The van der Waals surface area contributed by atoms with Gasteiger partial charge in [-0.1, -0.05) is 34.1 Å². The van der Waals surface area contributed by atoms with Crippen molar-refractivity contribution in [2.75, 3.05) is 6.54 Å². The van der Waals surface area contributed by atoms with E-state index in [0.717, 1.165) is 10.9 Å². The van der Waals surface area contributed by atoms with Gasteiger partial charge in [0.05, 0.1) is 0 Å². The molecule has 0 bridgehead atoms. The van der Waals surface area contributed by atoms with Crippen LogP contribution in [0.3, 0.4) is 0 Å². The fourth-order valence-electron chi connectivity index (χ4n) is 1.01. The second kappa shape index (κ2) is 5.60. The molecular weight excluding hydrogens is 242 g/mol. The minimum absolute atomic E-state index is 0.0639. The van der Waals surface area contributed by atoms with E-state index in [1.807, 2.05) is 24.3 Å². The molecule has 0 radical (unpaired) electrons. The van der Waals surface area contributed by atoms with E-state index in [1.165, 1.54) is 0 Å². The number of carbonyl (C=O) groups excluding carboxylic acids is 1. The molecule has 1 aromatic carbocycles. The van der Waals surface area contributed by atoms with Crippen molar-refractivity contribution in [2.24, 2.45) is 0 Å². The van der Waals surface area contributed by atoms with Gasteiger partial charge in [0, 0.05) is 17.4 Å². The molecule has 0 atom stereocenters. The van der Waals surface area contributed by atoms with Crippen LogP contribution in [0.15, 0.2) is 36.9 Å². The van der Waals surface area contributed by atoms with E-state index >= 15 is 0 Å². The molecule has 0 saturated heterocycles. The summed E-state index contributed by atoms with van der Waals surface area (Å²) >= 11 is 3.35. The highest BCUT2D eigenvalue weighted by Crippen LogP contribution is 2.07. The predicted octanol–water partition coefficient (Wildman–Crippen LogP) is 2.50. The lowest BCUT2D eigenvalue weighted by molar-refractivity contribution is 0.0958. The standard InChI is InChI=1S/C11H12BrNO/c1-2-7-13-11(14)10-5-3-9(8-12)4-6-10/h2-6H,1,7-8H2,(H,13,14). The Morgan fingerprint density at radius 3 is 2.57 bits per heavy atom. The molecule has 0 saturated carbocycles. The third kappa shape index (κ3) is 3.00. The van der Waals surface area contributed by atoms with E-state index in [1.54, 1.807) is 6.08 Å². The normalized spacial score (nSPS) is 9.50. The molecule has 1 amide bonds. The molecule has 3 heteroatoms. The molecular formula is C11H12BrNO. The van der Waals surface area contributed by atoms with E-state index in [9.17, 15) is 4.79 Å². The topological polar surface area (TPSA) is 29.1 Å². The van der Waals surface area contributed by atoms with Gasteiger partial charge in [-0.05, 0) is 17.7 Å². The van der Waals surface area contributed by atoms with Crippen molar-refractivity contribution in [3.63, 3.8) is 0 Å². The summed E-state index contributed by atoms with van der Waals surface area (Å²) < 4.78 is 0.